The van der Waals surface area contributed by atoms with Gasteiger partial charge >= 0.3 is 0 Å². The predicted molar refractivity (Wildman–Crippen MR) is 111 cm³/mol. The van der Waals surface area contributed by atoms with E-state index >= 15 is 0 Å². The Hall–Kier alpha value is -2.52. The summed E-state index contributed by atoms with van der Waals surface area (Å²) < 4.78 is 52.9. The van der Waals surface area contributed by atoms with Crippen molar-refractivity contribution in [2.24, 2.45) is 0 Å². The lowest BCUT2D eigenvalue weighted by molar-refractivity contribution is -0.131. The number of carbonyl (C=O) groups is 1. The maximum atomic E-state index is 13.3. The van der Waals surface area contributed by atoms with Gasteiger partial charge in [-0.3, -0.25) is 4.79 Å². The largest absolute Gasteiger partial charge is 0.368 e. The third-order valence-electron chi connectivity index (χ3n) is 5.38. The molecule has 162 valence electrons. The summed E-state index contributed by atoms with van der Waals surface area (Å²) >= 11 is 0. The van der Waals surface area contributed by atoms with Crippen LogP contribution in [-0.2, 0) is 14.8 Å². The molecule has 9 heteroatoms. The summed E-state index contributed by atoms with van der Waals surface area (Å²) in [6.45, 7) is 6.57. The monoisotopic (exact) mass is 437 g/mol. The van der Waals surface area contributed by atoms with Gasteiger partial charge in [-0.25, -0.2) is 21.9 Å². The normalized spacial score (nSPS) is 14.8. The molecule has 30 heavy (non-hydrogen) atoms. The van der Waals surface area contributed by atoms with Crippen LogP contribution in [0.5, 0.6) is 0 Å². The molecule has 0 atom stereocenters. The van der Waals surface area contributed by atoms with Crippen LogP contribution in [-0.4, -0.2) is 51.9 Å². The maximum absolute atomic E-state index is 13.3. The predicted octanol–water partition coefficient (Wildman–Crippen LogP) is 2.60. The summed E-state index contributed by atoms with van der Waals surface area (Å²) in [6.07, 6.45) is -0.00756. The molecule has 2 aromatic carbocycles. The van der Waals surface area contributed by atoms with Crippen molar-refractivity contribution in [3.05, 3.63) is 59.2 Å². The van der Waals surface area contributed by atoms with Crippen molar-refractivity contribution in [3.8, 4) is 0 Å². The number of aryl methyl sites for hydroxylation is 1. The van der Waals surface area contributed by atoms with Crippen molar-refractivity contribution in [1.29, 1.82) is 0 Å². The van der Waals surface area contributed by atoms with Crippen molar-refractivity contribution in [2.75, 3.05) is 37.6 Å². The van der Waals surface area contributed by atoms with E-state index in [0.717, 1.165) is 12.1 Å². The van der Waals surface area contributed by atoms with Gasteiger partial charge in [0.1, 0.15) is 0 Å². The molecule has 1 heterocycles. The maximum Gasteiger partial charge on any atom is 0.240 e. The van der Waals surface area contributed by atoms with Gasteiger partial charge in [0.2, 0.25) is 15.9 Å². The van der Waals surface area contributed by atoms with Crippen LogP contribution in [0.2, 0.25) is 0 Å². The Kier molecular flexibility index (Phi) is 6.72. The highest BCUT2D eigenvalue weighted by molar-refractivity contribution is 7.89. The molecule has 1 saturated heterocycles. The number of piperazine rings is 1. The quantitative estimate of drug-likeness (QED) is 0.754. The van der Waals surface area contributed by atoms with Crippen molar-refractivity contribution < 1.29 is 22.0 Å². The average Bonchev–Trinajstić information content (AvgIpc) is 2.72. The van der Waals surface area contributed by atoms with Crippen LogP contribution in [0.15, 0.2) is 41.3 Å². The van der Waals surface area contributed by atoms with Crippen LogP contribution < -0.4 is 9.62 Å². The molecule has 0 aliphatic carbocycles. The van der Waals surface area contributed by atoms with Crippen LogP contribution in [0.4, 0.5) is 14.5 Å². The molecule has 0 bridgehead atoms. The number of anilines is 1. The lowest BCUT2D eigenvalue weighted by Crippen LogP contribution is -2.49. The number of hydrogen-bond acceptors (Lipinski definition) is 4. The molecule has 1 aliphatic heterocycles. The van der Waals surface area contributed by atoms with E-state index in [1.807, 2.05) is 6.07 Å². The SMILES string of the molecule is Cc1cccc(N2CCN(C(=O)CCNS(=O)(=O)c3ccc(F)c(F)c3)CC2)c1C. The zero-order chi connectivity index (χ0) is 21.9. The van der Waals surface area contributed by atoms with Crippen LogP contribution in [0.25, 0.3) is 0 Å². The fourth-order valence-corrected chi connectivity index (χ4v) is 4.50. The molecule has 3 rings (SSSR count). The Labute approximate surface area is 175 Å². The van der Waals surface area contributed by atoms with Gasteiger partial charge in [-0.1, -0.05) is 12.1 Å². The third kappa shape index (κ3) is 4.96. The molecule has 0 aromatic heterocycles. The second-order valence-corrected chi connectivity index (χ2v) is 9.08. The molecule has 1 N–H and O–H groups in total. The smallest absolute Gasteiger partial charge is 0.240 e. The van der Waals surface area contributed by atoms with E-state index in [1.165, 1.54) is 16.8 Å². The molecule has 1 amide bonds. The highest BCUT2D eigenvalue weighted by atomic mass is 32.2. The first-order valence-corrected chi connectivity index (χ1v) is 11.2. The molecule has 2 aromatic rings. The standard InChI is InChI=1S/C21H25F2N3O3S/c1-15-4-3-5-20(16(15)2)25-10-12-26(13-11-25)21(27)8-9-24-30(28,29)17-6-7-18(22)19(23)14-17/h3-7,14,24H,8-13H2,1-2H3. The summed E-state index contributed by atoms with van der Waals surface area (Å²) in [6, 6.07) is 8.52. The number of rotatable bonds is 6. The second kappa shape index (κ2) is 9.09. The van der Waals surface area contributed by atoms with Gasteiger partial charge in [0, 0.05) is 44.8 Å². The lowest BCUT2D eigenvalue weighted by atomic mass is 10.1. The number of nitrogens with one attached hydrogen (secondary N) is 1. The Morgan fingerprint density at radius 1 is 1.03 bits per heavy atom. The van der Waals surface area contributed by atoms with Gasteiger partial charge < -0.3 is 9.80 Å². The molecule has 6 nitrogen and oxygen atoms in total. The molecular formula is C21H25F2N3O3S. The Bertz CT molecular complexity index is 1040. The average molecular weight is 438 g/mol. The van der Waals surface area contributed by atoms with Crippen molar-refractivity contribution in [2.45, 2.75) is 25.2 Å². The third-order valence-corrected chi connectivity index (χ3v) is 6.84. The molecule has 0 radical (unpaired) electrons. The Balaban J connectivity index is 1.50. The van der Waals surface area contributed by atoms with E-state index in [1.54, 1.807) is 4.90 Å². The Morgan fingerprint density at radius 2 is 1.73 bits per heavy atom. The number of carbonyl (C=O) groups excluding carboxylic acids is 1. The van der Waals surface area contributed by atoms with Crippen molar-refractivity contribution in [1.82, 2.24) is 9.62 Å². The van der Waals surface area contributed by atoms with Gasteiger partial charge in [0.25, 0.3) is 0 Å². The fraction of sp³-hybridized carbons (Fsp3) is 0.381. The second-order valence-electron chi connectivity index (χ2n) is 7.31. The number of halogens is 2. The summed E-state index contributed by atoms with van der Waals surface area (Å²) in [4.78, 5) is 16.0. The van der Waals surface area contributed by atoms with Gasteiger partial charge in [-0.15, -0.1) is 0 Å². The van der Waals surface area contributed by atoms with E-state index in [-0.39, 0.29) is 23.8 Å². The van der Waals surface area contributed by atoms with E-state index in [0.29, 0.717) is 32.2 Å². The minimum atomic E-state index is -4.02. The lowest BCUT2D eigenvalue weighted by Gasteiger charge is -2.37. The van der Waals surface area contributed by atoms with Crippen LogP contribution in [0.3, 0.4) is 0 Å². The van der Waals surface area contributed by atoms with Gasteiger partial charge in [0.05, 0.1) is 4.90 Å². The summed E-state index contributed by atoms with van der Waals surface area (Å²) in [5.41, 5.74) is 3.62. The minimum absolute atomic E-state index is 0.00756. The fourth-order valence-electron chi connectivity index (χ4n) is 3.45. The number of sulfonamides is 1. The summed E-state index contributed by atoms with van der Waals surface area (Å²) in [5.74, 6) is -2.51. The summed E-state index contributed by atoms with van der Waals surface area (Å²) in [5, 5.41) is 0. The van der Waals surface area contributed by atoms with Crippen LogP contribution >= 0.6 is 0 Å². The molecule has 1 fully saturated rings. The molecular weight excluding hydrogens is 412 g/mol. The number of amides is 1. The number of hydrogen-bond donors (Lipinski definition) is 1. The topological polar surface area (TPSA) is 69.7 Å². The molecule has 1 aliphatic rings. The number of benzene rings is 2. The van der Waals surface area contributed by atoms with Crippen molar-refractivity contribution in [3.63, 3.8) is 0 Å². The first-order chi connectivity index (χ1) is 14.2. The van der Waals surface area contributed by atoms with E-state index < -0.39 is 21.7 Å². The molecule has 0 spiro atoms. The highest BCUT2D eigenvalue weighted by Gasteiger charge is 2.23. The zero-order valence-electron chi connectivity index (χ0n) is 17.0. The van der Waals surface area contributed by atoms with Gasteiger partial charge in [0.15, 0.2) is 11.6 Å². The van der Waals surface area contributed by atoms with E-state index in [4.69, 9.17) is 0 Å². The van der Waals surface area contributed by atoms with E-state index in [9.17, 15) is 22.0 Å². The highest BCUT2D eigenvalue weighted by Crippen LogP contribution is 2.24. The van der Waals surface area contributed by atoms with Crippen LogP contribution in [0.1, 0.15) is 17.5 Å². The van der Waals surface area contributed by atoms with Crippen LogP contribution in [0, 0.1) is 25.5 Å². The number of nitrogens with zero attached hydrogens (tertiary/aromatic N) is 2. The van der Waals surface area contributed by atoms with E-state index in [2.05, 4.69) is 35.6 Å². The minimum Gasteiger partial charge on any atom is -0.368 e. The van der Waals surface area contributed by atoms with Crippen molar-refractivity contribution >= 4 is 21.6 Å². The first kappa shape index (κ1) is 22.2. The zero-order valence-corrected chi connectivity index (χ0v) is 17.8. The van der Waals surface area contributed by atoms with Gasteiger partial charge in [-0.05, 0) is 49.2 Å². The van der Waals surface area contributed by atoms with Gasteiger partial charge in [-0.2, -0.15) is 0 Å². The Morgan fingerprint density at radius 3 is 2.40 bits per heavy atom. The summed E-state index contributed by atoms with van der Waals surface area (Å²) in [7, 11) is -4.02. The molecule has 0 saturated carbocycles. The first-order valence-electron chi connectivity index (χ1n) is 9.72. The molecule has 0 unspecified atom stereocenters.